The van der Waals surface area contributed by atoms with E-state index in [9.17, 15) is 0 Å². The Bertz CT molecular complexity index is 271. The highest BCUT2D eigenvalue weighted by Gasteiger charge is 2.02. The molecule has 2 heteroatoms. The summed E-state index contributed by atoms with van der Waals surface area (Å²) in [4.78, 5) is 0. The molecule has 14 heavy (non-hydrogen) atoms. The monoisotopic (exact) mass is 193 g/mol. The van der Waals surface area contributed by atoms with Crippen LogP contribution in [0.3, 0.4) is 0 Å². The smallest absolute Gasteiger partial charge is 0.123 e. The topological polar surface area (TPSA) is 21.3 Å². The van der Waals surface area contributed by atoms with Crippen molar-refractivity contribution in [1.29, 1.82) is 0 Å². The average Bonchev–Trinajstić information content (AvgIpc) is 2.17. The molecule has 0 aliphatic heterocycles. The van der Waals surface area contributed by atoms with Crippen LogP contribution in [-0.2, 0) is 6.54 Å². The molecule has 0 aliphatic carbocycles. The molecule has 1 rings (SSSR count). The first-order chi connectivity index (χ1) is 6.74. The van der Waals surface area contributed by atoms with Gasteiger partial charge < -0.3 is 10.1 Å². The standard InChI is InChI=1S/C12H19NO/c1-10(2)9-14-12-7-5-4-6-11(12)8-13-3/h4-7,10,13H,8-9H2,1-3H3. The van der Waals surface area contributed by atoms with E-state index in [1.165, 1.54) is 5.56 Å². The molecule has 0 aromatic heterocycles. The Morgan fingerprint density at radius 1 is 1.29 bits per heavy atom. The number of hydrogen-bond acceptors (Lipinski definition) is 2. The molecule has 0 aliphatic rings. The maximum absolute atomic E-state index is 5.71. The van der Waals surface area contributed by atoms with Gasteiger partial charge in [-0.25, -0.2) is 0 Å². The minimum absolute atomic E-state index is 0.567. The van der Waals surface area contributed by atoms with Crippen LogP contribution in [0.15, 0.2) is 24.3 Å². The van der Waals surface area contributed by atoms with Crippen LogP contribution >= 0.6 is 0 Å². The van der Waals surface area contributed by atoms with E-state index < -0.39 is 0 Å². The fourth-order valence-electron chi connectivity index (χ4n) is 1.24. The number of benzene rings is 1. The molecule has 0 spiro atoms. The van der Waals surface area contributed by atoms with Gasteiger partial charge in [-0.15, -0.1) is 0 Å². The summed E-state index contributed by atoms with van der Waals surface area (Å²) in [5.74, 6) is 1.56. The fourth-order valence-corrected chi connectivity index (χ4v) is 1.24. The third kappa shape index (κ3) is 3.38. The van der Waals surface area contributed by atoms with Crippen molar-refractivity contribution in [1.82, 2.24) is 5.32 Å². The van der Waals surface area contributed by atoms with Crippen LogP contribution in [0.1, 0.15) is 19.4 Å². The Balaban J connectivity index is 2.64. The molecular formula is C12H19NO. The van der Waals surface area contributed by atoms with E-state index in [0.717, 1.165) is 18.9 Å². The molecule has 2 nitrogen and oxygen atoms in total. The first-order valence-electron chi connectivity index (χ1n) is 5.09. The summed E-state index contributed by atoms with van der Waals surface area (Å²) in [6.07, 6.45) is 0. The zero-order chi connectivity index (χ0) is 10.4. The molecule has 0 atom stereocenters. The van der Waals surface area contributed by atoms with Crippen molar-refractivity contribution in [2.45, 2.75) is 20.4 Å². The largest absolute Gasteiger partial charge is 0.493 e. The Kier molecular flexibility index (Phi) is 4.47. The highest BCUT2D eigenvalue weighted by atomic mass is 16.5. The predicted octanol–water partition coefficient (Wildman–Crippen LogP) is 2.44. The van der Waals surface area contributed by atoms with Gasteiger partial charge in [-0.2, -0.15) is 0 Å². The quantitative estimate of drug-likeness (QED) is 0.775. The van der Waals surface area contributed by atoms with E-state index in [4.69, 9.17) is 4.74 Å². The summed E-state index contributed by atoms with van der Waals surface area (Å²) in [7, 11) is 1.94. The molecule has 0 heterocycles. The van der Waals surface area contributed by atoms with E-state index in [1.807, 2.05) is 25.2 Å². The van der Waals surface area contributed by atoms with Crippen molar-refractivity contribution in [2.75, 3.05) is 13.7 Å². The number of nitrogens with one attached hydrogen (secondary N) is 1. The van der Waals surface area contributed by atoms with Crippen LogP contribution in [0.25, 0.3) is 0 Å². The van der Waals surface area contributed by atoms with E-state index in [-0.39, 0.29) is 0 Å². The summed E-state index contributed by atoms with van der Waals surface area (Å²) in [5.41, 5.74) is 1.22. The number of ether oxygens (including phenoxy) is 1. The Labute approximate surface area is 86.3 Å². The van der Waals surface area contributed by atoms with Crippen molar-refractivity contribution >= 4 is 0 Å². The average molecular weight is 193 g/mol. The Morgan fingerprint density at radius 3 is 2.64 bits per heavy atom. The van der Waals surface area contributed by atoms with Crippen molar-refractivity contribution in [2.24, 2.45) is 5.92 Å². The van der Waals surface area contributed by atoms with Gasteiger partial charge in [0.25, 0.3) is 0 Å². The van der Waals surface area contributed by atoms with Gasteiger partial charge in [0, 0.05) is 12.1 Å². The Hall–Kier alpha value is -1.02. The minimum Gasteiger partial charge on any atom is -0.493 e. The van der Waals surface area contributed by atoms with Gasteiger partial charge in [0.05, 0.1) is 6.61 Å². The first kappa shape index (κ1) is 11.1. The maximum atomic E-state index is 5.71. The third-order valence-corrected chi connectivity index (χ3v) is 1.91. The molecule has 0 radical (unpaired) electrons. The van der Waals surface area contributed by atoms with Crippen LogP contribution in [0.2, 0.25) is 0 Å². The second-order valence-corrected chi connectivity index (χ2v) is 3.84. The van der Waals surface area contributed by atoms with E-state index in [2.05, 4.69) is 25.2 Å². The Morgan fingerprint density at radius 2 is 2.00 bits per heavy atom. The van der Waals surface area contributed by atoms with E-state index in [0.29, 0.717) is 5.92 Å². The van der Waals surface area contributed by atoms with Gasteiger partial charge >= 0.3 is 0 Å². The molecule has 0 unspecified atom stereocenters. The van der Waals surface area contributed by atoms with Crippen LogP contribution in [0.5, 0.6) is 5.75 Å². The summed E-state index contributed by atoms with van der Waals surface area (Å²) >= 11 is 0. The highest BCUT2D eigenvalue weighted by molar-refractivity contribution is 5.33. The van der Waals surface area contributed by atoms with E-state index in [1.54, 1.807) is 0 Å². The number of hydrogen-bond donors (Lipinski definition) is 1. The molecule has 1 aromatic carbocycles. The lowest BCUT2D eigenvalue weighted by Gasteiger charge is -2.12. The molecule has 0 bridgehead atoms. The first-order valence-corrected chi connectivity index (χ1v) is 5.09. The van der Waals surface area contributed by atoms with Crippen LogP contribution < -0.4 is 10.1 Å². The predicted molar refractivity (Wildman–Crippen MR) is 59.5 cm³/mol. The molecule has 78 valence electrons. The number of para-hydroxylation sites is 1. The molecule has 0 saturated heterocycles. The minimum atomic E-state index is 0.567. The van der Waals surface area contributed by atoms with E-state index >= 15 is 0 Å². The third-order valence-electron chi connectivity index (χ3n) is 1.91. The second-order valence-electron chi connectivity index (χ2n) is 3.84. The normalized spacial score (nSPS) is 10.6. The molecule has 1 aromatic rings. The lowest BCUT2D eigenvalue weighted by atomic mass is 10.2. The van der Waals surface area contributed by atoms with Gasteiger partial charge in [-0.3, -0.25) is 0 Å². The highest BCUT2D eigenvalue weighted by Crippen LogP contribution is 2.18. The summed E-state index contributed by atoms with van der Waals surface area (Å²) in [6, 6.07) is 8.16. The van der Waals surface area contributed by atoms with Gasteiger partial charge in [0.2, 0.25) is 0 Å². The van der Waals surface area contributed by atoms with Crippen molar-refractivity contribution in [3.05, 3.63) is 29.8 Å². The summed E-state index contributed by atoms with van der Waals surface area (Å²) < 4.78 is 5.71. The molecule has 0 fully saturated rings. The van der Waals surface area contributed by atoms with Gasteiger partial charge in [-0.1, -0.05) is 32.0 Å². The lowest BCUT2D eigenvalue weighted by Crippen LogP contribution is -2.10. The molecular weight excluding hydrogens is 174 g/mol. The zero-order valence-corrected chi connectivity index (χ0v) is 9.21. The molecule has 1 N–H and O–H groups in total. The SMILES string of the molecule is CNCc1ccccc1OCC(C)C. The van der Waals surface area contributed by atoms with Gasteiger partial charge in [0.1, 0.15) is 5.75 Å². The molecule has 0 amide bonds. The summed E-state index contributed by atoms with van der Waals surface area (Å²) in [5, 5.41) is 3.13. The number of rotatable bonds is 5. The van der Waals surface area contributed by atoms with Gasteiger partial charge in [-0.05, 0) is 19.0 Å². The zero-order valence-electron chi connectivity index (χ0n) is 9.21. The fraction of sp³-hybridized carbons (Fsp3) is 0.500. The maximum Gasteiger partial charge on any atom is 0.123 e. The van der Waals surface area contributed by atoms with Crippen molar-refractivity contribution in [3.8, 4) is 5.75 Å². The van der Waals surface area contributed by atoms with Gasteiger partial charge in [0.15, 0.2) is 0 Å². The van der Waals surface area contributed by atoms with Crippen LogP contribution in [0.4, 0.5) is 0 Å². The van der Waals surface area contributed by atoms with Crippen LogP contribution in [0, 0.1) is 5.92 Å². The second kappa shape index (κ2) is 5.66. The van der Waals surface area contributed by atoms with Crippen LogP contribution in [-0.4, -0.2) is 13.7 Å². The van der Waals surface area contributed by atoms with Crippen molar-refractivity contribution < 1.29 is 4.74 Å². The summed E-state index contributed by atoms with van der Waals surface area (Å²) in [6.45, 7) is 5.94. The van der Waals surface area contributed by atoms with Crippen molar-refractivity contribution in [3.63, 3.8) is 0 Å². The lowest BCUT2D eigenvalue weighted by molar-refractivity contribution is 0.268. The molecule has 0 saturated carbocycles.